The third kappa shape index (κ3) is 5.59. The van der Waals surface area contributed by atoms with Crippen molar-refractivity contribution < 1.29 is 28.3 Å². The average molecular weight is 499 g/mol. The Hall–Kier alpha value is -4.08. The van der Waals surface area contributed by atoms with Crippen LogP contribution in [0.3, 0.4) is 0 Å². The zero-order chi connectivity index (χ0) is 26.8. The molecular weight excluding hydrogens is 470 g/mol. The molecule has 3 aromatic rings. The van der Waals surface area contributed by atoms with Gasteiger partial charge in [0.2, 0.25) is 5.91 Å². The smallest absolute Gasteiger partial charge is 0.335 e. The van der Waals surface area contributed by atoms with Gasteiger partial charge in [-0.3, -0.25) is 14.3 Å². The van der Waals surface area contributed by atoms with Gasteiger partial charge >= 0.3 is 5.97 Å². The molecule has 36 heavy (non-hydrogen) atoms. The van der Waals surface area contributed by atoms with Crippen molar-refractivity contribution in [2.24, 2.45) is 12.8 Å². The molecule has 1 aromatic heterocycles. The number of aromatic carboxylic acids is 1. The highest BCUT2D eigenvalue weighted by Gasteiger charge is 2.36. The summed E-state index contributed by atoms with van der Waals surface area (Å²) in [6.07, 6.45) is 0.0162. The maximum absolute atomic E-state index is 12.8. The minimum atomic E-state index is -2.45. The van der Waals surface area contributed by atoms with Crippen molar-refractivity contribution in [1.82, 2.24) is 9.78 Å². The van der Waals surface area contributed by atoms with Crippen LogP contribution in [-0.4, -0.2) is 32.7 Å². The molecule has 0 radical (unpaired) electrons. The van der Waals surface area contributed by atoms with Crippen LogP contribution in [0.1, 0.15) is 87.4 Å². The van der Waals surface area contributed by atoms with Gasteiger partial charge in [0, 0.05) is 18.9 Å². The Balaban J connectivity index is 0.000000338. The van der Waals surface area contributed by atoms with E-state index in [1.807, 2.05) is 12.1 Å². The molecule has 1 heterocycles. The van der Waals surface area contributed by atoms with Crippen molar-refractivity contribution in [2.75, 3.05) is 5.32 Å². The predicted octanol–water partition coefficient (Wildman–Crippen LogP) is 4.88. The van der Waals surface area contributed by atoms with E-state index >= 15 is 0 Å². The number of amides is 2. The number of fused-ring (bicyclic) bond motifs is 1. The summed E-state index contributed by atoms with van der Waals surface area (Å²) in [5.41, 5.74) is 8.04. The van der Waals surface area contributed by atoms with E-state index in [0.717, 1.165) is 18.1 Å². The van der Waals surface area contributed by atoms with Crippen LogP contribution in [0.25, 0.3) is 0 Å². The Bertz CT molecular complexity index is 1320. The van der Waals surface area contributed by atoms with E-state index in [2.05, 4.69) is 37.3 Å². The van der Waals surface area contributed by atoms with Crippen LogP contribution in [0.2, 0.25) is 0 Å². The fourth-order valence-electron chi connectivity index (χ4n) is 4.59. The zero-order valence-corrected chi connectivity index (χ0v) is 20.4. The van der Waals surface area contributed by atoms with E-state index in [1.54, 1.807) is 7.05 Å². The van der Waals surface area contributed by atoms with Gasteiger partial charge in [-0.1, -0.05) is 32.9 Å². The summed E-state index contributed by atoms with van der Waals surface area (Å²) in [5, 5.41) is 15.4. The number of nitrogens with one attached hydrogen (secondary N) is 1. The number of hydrogen-bond acceptors (Lipinski definition) is 4. The predicted molar refractivity (Wildman–Crippen MR) is 131 cm³/mol. The summed E-state index contributed by atoms with van der Waals surface area (Å²) >= 11 is 0. The van der Waals surface area contributed by atoms with Crippen molar-refractivity contribution in [1.29, 1.82) is 0 Å². The Labute approximate surface area is 207 Å². The molecule has 4 rings (SSSR count). The van der Waals surface area contributed by atoms with Gasteiger partial charge in [0.15, 0.2) is 0 Å². The first-order valence-electron chi connectivity index (χ1n) is 11.2. The second-order valence-corrected chi connectivity index (χ2v) is 9.35. The van der Waals surface area contributed by atoms with Gasteiger partial charge in [-0.15, -0.1) is 0 Å². The van der Waals surface area contributed by atoms with Crippen LogP contribution in [0.4, 0.5) is 14.5 Å². The number of primary amides is 1. The van der Waals surface area contributed by atoms with Crippen LogP contribution < -0.4 is 11.1 Å². The van der Waals surface area contributed by atoms with Crippen molar-refractivity contribution in [2.45, 2.75) is 45.0 Å². The molecule has 10 heteroatoms. The van der Waals surface area contributed by atoms with Gasteiger partial charge < -0.3 is 16.2 Å². The third-order valence-electron chi connectivity index (χ3n) is 6.13. The second-order valence-electron chi connectivity index (χ2n) is 9.35. The van der Waals surface area contributed by atoms with Crippen LogP contribution in [0.15, 0.2) is 48.7 Å². The molecule has 8 nitrogen and oxygen atoms in total. The molecular formula is C26H28F2N4O4. The summed E-state index contributed by atoms with van der Waals surface area (Å²) in [6.45, 7) is 6.48. The van der Waals surface area contributed by atoms with Crippen LogP contribution in [0, 0.1) is 0 Å². The highest BCUT2D eigenvalue weighted by atomic mass is 19.3. The molecule has 1 aliphatic rings. The summed E-state index contributed by atoms with van der Waals surface area (Å²) < 4.78 is 24.8. The van der Waals surface area contributed by atoms with Gasteiger partial charge in [-0.2, -0.15) is 5.10 Å². The molecule has 2 aromatic carbocycles. The molecule has 4 N–H and O–H groups in total. The molecule has 0 aliphatic heterocycles. The van der Waals surface area contributed by atoms with Crippen molar-refractivity contribution >= 4 is 23.5 Å². The van der Waals surface area contributed by atoms with Crippen molar-refractivity contribution in [3.8, 4) is 0 Å². The number of hydrogen-bond donors (Lipinski definition) is 3. The van der Waals surface area contributed by atoms with E-state index in [4.69, 9.17) is 10.8 Å². The van der Waals surface area contributed by atoms with Gasteiger partial charge in [0.1, 0.15) is 5.69 Å². The molecule has 2 amide bonds. The number of rotatable bonds is 5. The summed E-state index contributed by atoms with van der Waals surface area (Å²) in [7, 11) is 1.60. The summed E-state index contributed by atoms with van der Waals surface area (Å²) in [4.78, 5) is 35.7. The summed E-state index contributed by atoms with van der Waals surface area (Å²) in [5.74, 6) is -2.25. The SMILES string of the molecule is C[C@@H]1CC(C)(C)c2cccc(NC(=O)c3ccc(C(=O)O)cc3C(N)=O)c21.Cn1ccc(C(F)F)n1. The zero-order valence-electron chi connectivity index (χ0n) is 20.4. The summed E-state index contributed by atoms with van der Waals surface area (Å²) in [6, 6.07) is 10.8. The van der Waals surface area contributed by atoms with E-state index < -0.39 is 24.2 Å². The number of nitrogens with two attached hydrogens (primary N) is 1. The minimum absolute atomic E-state index is 0.0248. The number of carbonyl (C=O) groups is 3. The molecule has 190 valence electrons. The normalized spacial score (nSPS) is 15.6. The number of carboxylic acid groups (broad SMARTS) is 1. The quantitative estimate of drug-likeness (QED) is 0.462. The number of nitrogens with zero attached hydrogens (tertiary/aromatic N) is 2. The van der Waals surface area contributed by atoms with E-state index in [-0.39, 0.29) is 33.7 Å². The molecule has 0 fully saturated rings. The number of anilines is 1. The van der Waals surface area contributed by atoms with Crippen LogP contribution >= 0.6 is 0 Å². The van der Waals surface area contributed by atoms with Crippen molar-refractivity contribution in [3.63, 3.8) is 0 Å². The molecule has 0 spiro atoms. The van der Waals surface area contributed by atoms with E-state index in [0.29, 0.717) is 5.69 Å². The first-order valence-corrected chi connectivity index (χ1v) is 11.2. The Morgan fingerprint density at radius 3 is 2.39 bits per heavy atom. The standard InChI is InChI=1S/C21H22N2O4.C5H6F2N2/c1-11-10-21(2,3)15-5-4-6-16(17(11)15)23-19(25)13-8-7-12(20(26)27)9-14(13)18(22)24;1-9-3-2-4(8-9)5(6)7/h4-9,11H,10H2,1-3H3,(H2,22,24)(H,23,25)(H,26,27);2-3,5H,1H3/t11-;/m1./s1. The second kappa shape index (κ2) is 10.3. The Morgan fingerprint density at radius 2 is 1.86 bits per heavy atom. The molecule has 0 saturated carbocycles. The fraction of sp³-hybridized carbons (Fsp3) is 0.308. The monoisotopic (exact) mass is 498 g/mol. The molecule has 1 atom stereocenters. The lowest BCUT2D eigenvalue weighted by Gasteiger charge is -2.19. The fourth-order valence-corrected chi connectivity index (χ4v) is 4.59. The van der Waals surface area contributed by atoms with Gasteiger partial charge in [0.25, 0.3) is 12.3 Å². The minimum Gasteiger partial charge on any atom is -0.478 e. The number of carbonyl (C=O) groups excluding carboxylic acids is 2. The molecule has 1 aliphatic carbocycles. The lowest BCUT2D eigenvalue weighted by molar-refractivity contribution is 0.0696. The molecule has 0 unspecified atom stereocenters. The number of aryl methyl sites for hydroxylation is 1. The Morgan fingerprint density at radius 1 is 1.17 bits per heavy atom. The van der Waals surface area contributed by atoms with E-state index in [1.165, 1.54) is 34.6 Å². The number of halogens is 2. The van der Waals surface area contributed by atoms with Crippen molar-refractivity contribution in [3.05, 3.63) is 82.2 Å². The van der Waals surface area contributed by atoms with Gasteiger partial charge in [0.05, 0.1) is 16.7 Å². The number of alkyl halides is 2. The third-order valence-corrected chi connectivity index (χ3v) is 6.13. The largest absolute Gasteiger partial charge is 0.478 e. The topological polar surface area (TPSA) is 127 Å². The van der Waals surface area contributed by atoms with Crippen LogP contribution in [-0.2, 0) is 12.5 Å². The number of carboxylic acids is 1. The van der Waals surface area contributed by atoms with Crippen LogP contribution in [0.5, 0.6) is 0 Å². The molecule has 0 saturated heterocycles. The molecule has 0 bridgehead atoms. The number of benzene rings is 2. The number of aromatic nitrogens is 2. The maximum Gasteiger partial charge on any atom is 0.335 e. The van der Waals surface area contributed by atoms with Gasteiger partial charge in [-0.25, -0.2) is 13.6 Å². The first kappa shape index (κ1) is 26.5. The van der Waals surface area contributed by atoms with E-state index in [9.17, 15) is 23.2 Å². The Kier molecular flexibility index (Phi) is 7.57. The average Bonchev–Trinajstić information content (AvgIpc) is 3.34. The van der Waals surface area contributed by atoms with Gasteiger partial charge in [-0.05, 0) is 59.2 Å². The highest BCUT2D eigenvalue weighted by Crippen LogP contribution is 2.48. The first-order chi connectivity index (χ1) is 16.8. The highest BCUT2D eigenvalue weighted by molar-refractivity contribution is 6.13. The lowest BCUT2D eigenvalue weighted by atomic mass is 9.86. The lowest BCUT2D eigenvalue weighted by Crippen LogP contribution is -2.21. The maximum atomic E-state index is 12.8.